The maximum atomic E-state index is 9.38. The fourth-order valence-electron chi connectivity index (χ4n) is 4.15. The van der Waals surface area contributed by atoms with Gasteiger partial charge in [-0.05, 0) is 59.0 Å². The maximum absolute atomic E-state index is 9.38. The zero-order chi connectivity index (χ0) is 19.8. The molecular weight excluding hydrogens is 481 g/mol. The fourth-order valence-corrected chi connectivity index (χ4v) is 4.85. The molecule has 0 atom stereocenters. The van der Waals surface area contributed by atoms with Crippen LogP contribution in [0.25, 0.3) is 5.65 Å². The number of halogens is 1. The lowest BCUT2D eigenvalue weighted by Crippen LogP contribution is -2.16. The van der Waals surface area contributed by atoms with Crippen LogP contribution in [0.3, 0.4) is 0 Å². The molecule has 5 rings (SSSR count). The number of hydrogen-bond donors (Lipinski definition) is 1. The fraction of sp³-hybridized carbons (Fsp3) is 0.381. The highest BCUT2D eigenvalue weighted by molar-refractivity contribution is 14.1. The van der Waals surface area contributed by atoms with Crippen LogP contribution in [-0.2, 0) is 17.7 Å². The van der Waals surface area contributed by atoms with E-state index in [9.17, 15) is 5.26 Å². The van der Waals surface area contributed by atoms with Gasteiger partial charge >= 0.3 is 0 Å². The van der Waals surface area contributed by atoms with Gasteiger partial charge in [-0.25, -0.2) is 9.97 Å². The Hall–Kier alpha value is -2.38. The molecule has 0 radical (unpaired) electrons. The minimum atomic E-state index is 0.359. The van der Waals surface area contributed by atoms with Crippen molar-refractivity contribution in [1.82, 2.24) is 14.4 Å². The molecule has 1 aromatic carbocycles. The van der Waals surface area contributed by atoms with Gasteiger partial charge in [0.2, 0.25) is 5.95 Å². The van der Waals surface area contributed by atoms with Crippen LogP contribution >= 0.6 is 22.6 Å². The molecule has 1 saturated heterocycles. The summed E-state index contributed by atoms with van der Waals surface area (Å²) in [5, 5.41) is 12.8. The highest BCUT2D eigenvalue weighted by Crippen LogP contribution is 2.33. The van der Waals surface area contributed by atoms with E-state index in [1.807, 2.05) is 16.7 Å². The Morgan fingerprint density at radius 1 is 1.28 bits per heavy atom. The van der Waals surface area contributed by atoms with Crippen LogP contribution in [0.1, 0.15) is 41.1 Å². The van der Waals surface area contributed by atoms with Crippen molar-refractivity contribution < 1.29 is 9.47 Å². The number of benzene rings is 1. The molecule has 8 heteroatoms. The molecule has 148 valence electrons. The smallest absolute Gasteiger partial charge is 0.208 e. The van der Waals surface area contributed by atoms with Gasteiger partial charge < -0.3 is 14.8 Å². The Labute approximate surface area is 182 Å². The lowest BCUT2D eigenvalue weighted by atomic mass is 9.93. The molecule has 1 fully saturated rings. The molecule has 7 nitrogen and oxygen atoms in total. The molecule has 4 heterocycles. The normalized spacial score (nSPS) is 16.4. The minimum Gasteiger partial charge on any atom is -0.493 e. The van der Waals surface area contributed by atoms with Gasteiger partial charge in [-0.15, -0.1) is 0 Å². The van der Waals surface area contributed by atoms with Gasteiger partial charge in [-0.1, -0.05) is 0 Å². The van der Waals surface area contributed by atoms with Crippen LogP contribution in [0.2, 0.25) is 0 Å². The molecule has 0 unspecified atom stereocenters. The van der Waals surface area contributed by atoms with Crippen molar-refractivity contribution >= 4 is 34.2 Å². The lowest BCUT2D eigenvalue weighted by Gasteiger charge is -2.23. The monoisotopic (exact) mass is 501 g/mol. The van der Waals surface area contributed by atoms with Crippen LogP contribution in [0.4, 0.5) is 5.95 Å². The Morgan fingerprint density at radius 3 is 2.97 bits per heavy atom. The van der Waals surface area contributed by atoms with Gasteiger partial charge in [-0.2, -0.15) is 5.26 Å². The summed E-state index contributed by atoms with van der Waals surface area (Å²) in [6.45, 7) is 2.88. The van der Waals surface area contributed by atoms with Crippen LogP contribution in [0.5, 0.6) is 5.75 Å². The first-order chi connectivity index (χ1) is 14.2. The lowest BCUT2D eigenvalue weighted by molar-refractivity contribution is 0.0854. The summed E-state index contributed by atoms with van der Waals surface area (Å²) in [5.41, 5.74) is 4.80. The average molecular weight is 501 g/mol. The number of rotatable bonds is 4. The Balaban J connectivity index is 1.49. The molecule has 0 saturated carbocycles. The predicted octanol–water partition coefficient (Wildman–Crippen LogP) is 3.65. The minimum absolute atomic E-state index is 0.359. The molecule has 1 N–H and O–H groups in total. The number of imidazole rings is 1. The van der Waals surface area contributed by atoms with Crippen molar-refractivity contribution in [3.05, 3.63) is 50.5 Å². The number of nitrogens with one attached hydrogen (secondary N) is 1. The van der Waals surface area contributed by atoms with Crippen LogP contribution in [-0.4, -0.2) is 34.2 Å². The molecule has 2 aliphatic rings. The second kappa shape index (κ2) is 7.80. The van der Waals surface area contributed by atoms with E-state index in [1.165, 1.54) is 14.7 Å². The number of ether oxygens (including phenoxy) is 2. The third-order valence-electron chi connectivity index (χ3n) is 5.66. The predicted molar refractivity (Wildman–Crippen MR) is 116 cm³/mol. The third-order valence-corrected chi connectivity index (χ3v) is 6.67. The number of aromatic nitrogens is 3. The van der Waals surface area contributed by atoms with Crippen molar-refractivity contribution in [3.8, 4) is 11.8 Å². The molecule has 0 bridgehead atoms. The highest BCUT2D eigenvalue weighted by Gasteiger charge is 2.22. The van der Waals surface area contributed by atoms with Gasteiger partial charge in [0.1, 0.15) is 17.5 Å². The van der Waals surface area contributed by atoms with Crippen molar-refractivity contribution in [2.24, 2.45) is 0 Å². The van der Waals surface area contributed by atoms with Crippen molar-refractivity contribution in [2.45, 2.75) is 31.7 Å². The summed E-state index contributed by atoms with van der Waals surface area (Å²) in [7, 11) is 0. The van der Waals surface area contributed by atoms with Gasteiger partial charge in [0, 0.05) is 47.1 Å². The van der Waals surface area contributed by atoms with Gasteiger partial charge in [-0.3, -0.25) is 4.40 Å². The molecule has 0 spiro atoms. The first-order valence-corrected chi connectivity index (χ1v) is 10.8. The van der Waals surface area contributed by atoms with E-state index < -0.39 is 0 Å². The Morgan fingerprint density at radius 2 is 2.14 bits per heavy atom. The summed E-state index contributed by atoms with van der Waals surface area (Å²) in [6, 6.07) is 6.29. The number of anilines is 1. The van der Waals surface area contributed by atoms with Crippen molar-refractivity contribution in [3.63, 3.8) is 0 Å². The molecule has 2 aromatic heterocycles. The van der Waals surface area contributed by atoms with Crippen LogP contribution < -0.4 is 10.1 Å². The molecule has 0 amide bonds. The first kappa shape index (κ1) is 18.6. The zero-order valence-electron chi connectivity index (χ0n) is 15.8. The topological polar surface area (TPSA) is 84.5 Å². The van der Waals surface area contributed by atoms with E-state index in [-0.39, 0.29) is 0 Å². The molecule has 0 aliphatic carbocycles. The third kappa shape index (κ3) is 3.42. The van der Waals surface area contributed by atoms with E-state index in [0.29, 0.717) is 24.1 Å². The number of nitriles is 1. The zero-order valence-corrected chi connectivity index (χ0v) is 18.0. The SMILES string of the molecule is N#Cc1cn2c(NCc3c(I)ccc4c3CCO4)ncc(C3CCOCC3)c2n1. The van der Waals surface area contributed by atoms with Crippen LogP contribution in [0.15, 0.2) is 24.5 Å². The molecule has 2 aliphatic heterocycles. The van der Waals surface area contributed by atoms with Gasteiger partial charge in [0.05, 0.1) is 12.8 Å². The van der Waals surface area contributed by atoms with E-state index in [0.717, 1.165) is 56.0 Å². The second-order valence-corrected chi connectivity index (χ2v) is 8.47. The number of fused-ring (bicyclic) bond motifs is 2. The van der Waals surface area contributed by atoms with Crippen LogP contribution in [0, 0.1) is 14.9 Å². The largest absolute Gasteiger partial charge is 0.493 e. The summed E-state index contributed by atoms with van der Waals surface area (Å²) >= 11 is 2.37. The molecule has 3 aromatic rings. The van der Waals surface area contributed by atoms with Gasteiger partial charge in [0.15, 0.2) is 5.69 Å². The quantitative estimate of drug-likeness (QED) is 0.550. The van der Waals surface area contributed by atoms with E-state index in [2.05, 4.69) is 45.0 Å². The summed E-state index contributed by atoms with van der Waals surface area (Å²) in [4.78, 5) is 9.25. The van der Waals surface area contributed by atoms with Crippen molar-refractivity contribution in [1.29, 1.82) is 5.26 Å². The summed E-state index contributed by atoms with van der Waals surface area (Å²) in [5.74, 6) is 2.03. The maximum Gasteiger partial charge on any atom is 0.208 e. The van der Waals surface area contributed by atoms with E-state index >= 15 is 0 Å². The molecule has 29 heavy (non-hydrogen) atoms. The second-order valence-electron chi connectivity index (χ2n) is 7.31. The molecular formula is C21H20IN5O2. The van der Waals surface area contributed by atoms with Gasteiger partial charge in [0.25, 0.3) is 0 Å². The van der Waals surface area contributed by atoms with E-state index in [4.69, 9.17) is 14.5 Å². The number of nitrogens with zero attached hydrogens (tertiary/aromatic N) is 4. The highest BCUT2D eigenvalue weighted by atomic mass is 127. The average Bonchev–Trinajstić information content (AvgIpc) is 3.40. The summed E-state index contributed by atoms with van der Waals surface area (Å²) < 4.78 is 14.3. The first-order valence-electron chi connectivity index (χ1n) is 9.77. The number of hydrogen-bond acceptors (Lipinski definition) is 6. The van der Waals surface area contributed by atoms with Crippen molar-refractivity contribution in [2.75, 3.05) is 25.1 Å². The van der Waals surface area contributed by atoms with E-state index in [1.54, 1.807) is 6.20 Å². The summed E-state index contributed by atoms with van der Waals surface area (Å²) in [6.07, 6.45) is 6.50. The Kier molecular flexibility index (Phi) is 5.01. The standard InChI is InChI=1S/C21H20IN5O2/c22-18-1-2-19-15(5-8-29-19)17(18)11-25-21-24-10-16(13-3-6-28-7-4-13)20-26-14(9-23)12-27(20)21/h1-2,10,12-13H,3-8,11H2,(H,24,25). The Bertz CT molecular complexity index is 1110.